The lowest BCUT2D eigenvalue weighted by Crippen LogP contribution is -2.51. The van der Waals surface area contributed by atoms with Crippen LogP contribution in [0.15, 0.2) is 17.2 Å². The standard InChI is InChI=1S/C22H30O3/c1-13(24)18-6-7-19-17-5-4-14-10-16(25)11-15(12-23)22(14,3)20(17)8-9-21(18,19)2/h4,16-20,25H,5-11H2,1-3H3/t16-,17?,18+,19?,20?,21+,22+/m0/s1. The zero-order valence-electron chi connectivity index (χ0n) is 15.7. The van der Waals surface area contributed by atoms with E-state index in [2.05, 4.69) is 25.9 Å². The highest BCUT2D eigenvalue weighted by Gasteiger charge is 2.60. The minimum absolute atomic E-state index is 0.133. The normalized spacial score (nSPS) is 48.7. The molecule has 136 valence electrons. The van der Waals surface area contributed by atoms with E-state index in [4.69, 9.17) is 0 Å². The second kappa shape index (κ2) is 5.66. The molecule has 7 atom stereocenters. The van der Waals surface area contributed by atoms with E-state index < -0.39 is 6.10 Å². The van der Waals surface area contributed by atoms with Crippen molar-refractivity contribution < 1.29 is 14.7 Å². The van der Waals surface area contributed by atoms with Crippen molar-refractivity contribution in [1.82, 2.24) is 0 Å². The Kier molecular flexibility index (Phi) is 3.90. The molecule has 4 aliphatic rings. The van der Waals surface area contributed by atoms with Crippen molar-refractivity contribution in [2.75, 3.05) is 0 Å². The fraction of sp³-hybridized carbons (Fsp3) is 0.773. The van der Waals surface area contributed by atoms with E-state index in [1.807, 2.05) is 0 Å². The number of aliphatic hydroxyl groups is 1. The molecule has 4 rings (SSSR count). The van der Waals surface area contributed by atoms with E-state index in [1.165, 1.54) is 5.57 Å². The van der Waals surface area contributed by atoms with Crippen LogP contribution in [0.4, 0.5) is 0 Å². The molecule has 0 aromatic rings. The third kappa shape index (κ3) is 2.22. The van der Waals surface area contributed by atoms with Gasteiger partial charge in [0, 0.05) is 23.3 Å². The van der Waals surface area contributed by atoms with Crippen LogP contribution >= 0.6 is 0 Å². The van der Waals surface area contributed by atoms with Crippen LogP contribution < -0.4 is 0 Å². The Hall–Kier alpha value is -1.18. The SMILES string of the molecule is CC(=O)[C@H]1CCC2C3CC=C4C[C@H](O)CC(=C=O)[C@]4(C)C3CC[C@@]21C. The number of hydrogen-bond acceptors (Lipinski definition) is 3. The zero-order chi connectivity index (χ0) is 18.0. The summed E-state index contributed by atoms with van der Waals surface area (Å²) in [5.41, 5.74) is 1.94. The van der Waals surface area contributed by atoms with Gasteiger partial charge in [0.1, 0.15) is 11.7 Å². The second-order valence-electron chi connectivity index (χ2n) is 9.47. The third-order valence-electron chi connectivity index (χ3n) is 8.62. The highest BCUT2D eigenvalue weighted by molar-refractivity contribution is 5.79. The minimum atomic E-state index is -0.435. The van der Waals surface area contributed by atoms with E-state index in [-0.39, 0.29) is 16.7 Å². The van der Waals surface area contributed by atoms with Crippen LogP contribution in [0.25, 0.3) is 0 Å². The summed E-state index contributed by atoms with van der Waals surface area (Å²) in [6.07, 6.45) is 8.42. The monoisotopic (exact) mass is 342 g/mol. The van der Waals surface area contributed by atoms with Crippen LogP contribution in [0.1, 0.15) is 65.7 Å². The van der Waals surface area contributed by atoms with Gasteiger partial charge in [-0.05, 0) is 68.6 Å². The molecule has 0 aliphatic heterocycles. The number of aliphatic hydroxyl groups excluding tert-OH is 1. The number of carbonyl (C=O) groups excluding carboxylic acids is 2. The average Bonchev–Trinajstić information content (AvgIpc) is 2.92. The highest BCUT2D eigenvalue weighted by Crippen LogP contribution is 2.66. The van der Waals surface area contributed by atoms with E-state index in [0.717, 1.165) is 37.7 Å². The summed E-state index contributed by atoms with van der Waals surface area (Å²) in [6.45, 7) is 6.33. The Morgan fingerprint density at radius 1 is 1.20 bits per heavy atom. The maximum atomic E-state index is 12.2. The number of ketones is 1. The summed E-state index contributed by atoms with van der Waals surface area (Å²) >= 11 is 0. The van der Waals surface area contributed by atoms with E-state index in [0.29, 0.717) is 36.4 Å². The lowest BCUT2D eigenvalue weighted by molar-refractivity contribution is -0.127. The van der Waals surface area contributed by atoms with Crippen molar-refractivity contribution in [3.05, 3.63) is 17.2 Å². The Morgan fingerprint density at radius 2 is 1.96 bits per heavy atom. The molecule has 3 nitrogen and oxygen atoms in total. The molecule has 0 aromatic carbocycles. The van der Waals surface area contributed by atoms with Crippen molar-refractivity contribution in [3.8, 4) is 0 Å². The summed E-state index contributed by atoms with van der Waals surface area (Å²) in [5, 5.41) is 10.2. The number of carbonyl (C=O) groups is 1. The van der Waals surface area contributed by atoms with Gasteiger partial charge in [0.2, 0.25) is 0 Å². The molecule has 0 spiro atoms. The first-order valence-corrected chi connectivity index (χ1v) is 9.94. The molecule has 1 N–H and O–H groups in total. The first-order valence-electron chi connectivity index (χ1n) is 9.94. The van der Waals surface area contributed by atoms with Crippen molar-refractivity contribution in [2.45, 2.75) is 71.8 Å². The lowest BCUT2D eigenvalue weighted by atomic mass is 9.46. The van der Waals surface area contributed by atoms with Crippen LogP contribution in [0.5, 0.6) is 0 Å². The summed E-state index contributed by atoms with van der Waals surface area (Å²) in [7, 11) is 0. The van der Waals surface area contributed by atoms with Gasteiger partial charge in [-0.15, -0.1) is 0 Å². The van der Waals surface area contributed by atoms with Gasteiger partial charge >= 0.3 is 0 Å². The number of fused-ring (bicyclic) bond motifs is 5. The molecule has 0 radical (unpaired) electrons. The molecule has 3 heteroatoms. The van der Waals surface area contributed by atoms with Crippen LogP contribution in [0.3, 0.4) is 0 Å². The molecule has 4 aliphatic carbocycles. The Morgan fingerprint density at radius 3 is 2.64 bits per heavy atom. The third-order valence-corrected chi connectivity index (χ3v) is 8.62. The average molecular weight is 342 g/mol. The van der Waals surface area contributed by atoms with Gasteiger partial charge in [-0.1, -0.05) is 25.5 Å². The number of allylic oxidation sites excluding steroid dienone is 1. The van der Waals surface area contributed by atoms with Crippen molar-refractivity contribution in [1.29, 1.82) is 0 Å². The van der Waals surface area contributed by atoms with Crippen molar-refractivity contribution >= 4 is 11.7 Å². The van der Waals surface area contributed by atoms with Crippen LogP contribution in [-0.2, 0) is 9.59 Å². The largest absolute Gasteiger partial charge is 0.392 e. The summed E-state index contributed by atoms with van der Waals surface area (Å²) in [5.74, 6) is 4.37. The highest BCUT2D eigenvalue weighted by atomic mass is 16.3. The minimum Gasteiger partial charge on any atom is -0.392 e. The number of Topliss-reactive ketones (excluding diaryl/α,β-unsaturated/α-hetero) is 1. The van der Waals surface area contributed by atoms with Crippen LogP contribution in [0, 0.1) is 34.5 Å². The van der Waals surface area contributed by atoms with E-state index in [1.54, 1.807) is 6.92 Å². The Labute approximate surface area is 150 Å². The molecule has 3 unspecified atom stereocenters. The topological polar surface area (TPSA) is 54.4 Å². The molecule has 0 bridgehead atoms. The molecule has 0 aromatic heterocycles. The molecule has 3 saturated carbocycles. The predicted molar refractivity (Wildman–Crippen MR) is 96.5 cm³/mol. The maximum Gasteiger partial charge on any atom is 0.133 e. The molecule has 0 saturated heterocycles. The van der Waals surface area contributed by atoms with Gasteiger partial charge in [0.05, 0.1) is 6.10 Å². The predicted octanol–water partition coefficient (Wildman–Crippen LogP) is 3.88. The molecular formula is C22H30O3. The lowest BCUT2D eigenvalue weighted by Gasteiger charge is -2.57. The molecule has 0 amide bonds. The van der Waals surface area contributed by atoms with Gasteiger partial charge in [-0.3, -0.25) is 4.79 Å². The van der Waals surface area contributed by atoms with E-state index >= 15 is 0 Å². The fourth-order valence-electron chi connectivity index (χ4n) is 7.36. The fourth-order valence-corrected chi connectivity index (χ4v) is 7.36. The van der Waals surface area contributed by atoms with Gasteiger partial charge in [-0.2, -0.15) is 0 Å². The summed E-state index contributed by atoms with van der Waals surface area (Å²) in [6, 6.07) is 0. The molecule has 25 heavy (non-hydrogen) atoms. The number of rotatable bonds is 1. The Balaban J connectivity index is 1.74. The van der Waals surface area contributed by atoms with Gasteiger partial charge in [0.25, 0.3) is 0 Å². The van der Waals surface area contributed by atoms with Crippen molar-refractivity contribution in [2.24, 2.45) is 34.5 Å². The zero-order valence-corrected chi connectivity index (χ0v) is 15.7. The summed E-state index contributed by atoms with van der Waals surface area (Å²) in [4.78, 5) is 23.9. The number of hydrogen-bond donors (Lipinski definition) is 1. The first-order chi connectivity index (χ1) is 11.8. The van der Waals surface area contributed by atoms with Gasteiger partial charge in [0.15, 0.2) is 0 Å². The van der Waals surface area contributed by atoms with E-state index in [9.17, 15) is 14.7 Å². The molecular weight excluding hydrogens is 312 g/mol. The Bertz CT molecular complexity index is 685. The second-order valence-corrected chi connectivity index (χ2v) is 9.47. The van der Waals surface area contributed by atoms with Crippen molar-refractivity contribution in [3.63, 3.8) is 0 Å². The van der Waals surface area contributed by atoms with Gasteiger partial charge < -0.3 is 5.11 Å². The molecule has 0 heterocycles. The maximum absolute atomic E-state index is 12.2. The quantitative estimate of drug-likeness (QED) is 0.581. The smallest absolute Gasteiger partial charge is 0.133 e. The molecule has 3 fully saturated rings. The van der Waals surface area contributed by atoms with Crippen LogP contribution in [-0.4, -0.2) is 22.9 Å². The van der Waals surface area contributed by atoms with Crippen LogP contribution in [0.2, 0.25) is 0 Å². The van der Waals surface area contributed by atoms with Gasteiger partial charge in [-0.25, -0.2) is 4.79 Å². The summed E-state index contributed by atoms with van der Waals surface area (Å²) < 4.78 is 0. The first kappa shape index (κ1) is 17.2.